The number of carboxylic acids is 1. The fourth-order valence-electron chi connectivity index (χ4n) is 7.77. The molecular formula is C38H42N4O3. The lowest BCUT2D eigenvalue weighted by Crippen LogP contribution is -2.38. The van der Waals surface area contributed by atoms with Gasteiger partial charge >= 0.3 is 5.97 Å². The molecule has 1 atom stereocenters. The van der Waals surface area contributed by atoms with Gasteiger partial charge in [0.15, 0.2) is 5.82 Å². The van der Waals surface area contributed by atoms with E-state index in [9.17, 15) is 14.7 Å². The summed E-state index contributed by atoms with van der Waals surface area (Å²) in [4.78, 5) is 31.4. The van der Waals surface area contributed by atoms with Gasteiger partial charge in [-0.05, 0) is 110 Å². The van der Waals surface area contributed by atoms with Crippen LogP contribution in [0.15, 0.2) is 60.8 Å². The summed E-state index contributed by atoms with van der Waals surface area (Å²) < 4.78 is 1.66. The zero-order valence-corrected chi connectivity index (χ0v) is 26.3. The number of aromatic carboxylic acids is 1. The minimum atomic E-state index is -0.969. The highest BCUT2D eigenvalue weighted by molar-refractivity contribution is 5.88. The third kappa shape index (κ3) is 5.69. The monoisotopic (exact) mass is 602 g/mol. The molecule has 1 unspecified atom stereocenters. The van der Waals surface area contributed by atoms with Crippen LogP contribution in [0.5, 0.6) is 0 Å². The predicted molar refractivity (Wildman–Crippen MR) is 175 cm³/mol. The Labute approximate surface area is 265 Å². The molecule has 0 spiro atoms. The first-order valence-corrected chi connectivity index (χ1v) is 16.7. The van der Waals surface area contributed by atoms with Crippen LogP contribution in [0.3, 0.4) is 0 Å². The number of amides is 1. The van der Waals surface area contributed by atoms with E-state index in [1.807, 2.05) is 19.1 Å². The van der Waals surface area contributed by atoms with Crippen molar-refractivity contribution in [1.29, 1.82) is 0 Å². The van der Waals surface area contributed by atoms with E-state index >= 15 is 0 Å². The quantitative estimate of drug-likeness (QED) is 0.220. The highest BCUT2D eigenvalue weighted by Crippen LogP contribution is 2.42. The van der Waals surface area contributed by atoms with Crippen LogP contribution < -0.4 is 0 Å². The number of nitrogens with zero attached hydrogens (tertiary/aromatic N) is 4. The minimum absolute atomic E-state index is 0.219. The fourth-order valence-corrected chi connectivity index (χ4v) is 7.77. The smallest absolute Gasteiger partial charge is 0.339 e. The van der Waals surface area contributed by atoms with Crippen molar-refractivity contribution in [2.24, 2.45) is 5.92 Å². The molecule has 0 radical (unpaired) electrons. The molecule has 7 heteroatoms. The predicted octanol–water partition coefficient (Wildman–Crippen LogP) is 7.15. The van der Waals surface area contributed by atoms with Gasteiger partial charge in [-0.25, -0.2) is 14.5 Å². The summed E-state index contributed by atoms with van der Waals surface area (Å²) in [5.41, 5.74) is 10.0. The number of benzene rings is 2. The number of carbonyl (C=O) groups excluding carboxylic acids is 1. The average molecular weight is 603 g/mol. The van der Waals surface area contributed by atoms with Gasteiger partial charge in [0.05, 0.1) is 17.6 Å². The summed E-state index contributed by atoms with van der Waals surface area (Å²) in [5.74, 6) is 1.30. The summed E-state index contributed by atoms with van der Waals surface area (Å²) in [6, 6.07) is 19.7. The molecule has 1 aliphatic heterocycles. The van der Waals surface area contributed by atoms with Crippen molar-refractivity contribution in [2.45, 2.75) is 83.5 Å². The Hall–Kier alpha value is -4.26. The minimum Gasteiger partial charge on any atom is -0.478 e. The normalized spacial score (nSPS) is 18.3. The van der Waals surface area contributed by atoms with Crippen molar-refractivity contribution in [3.63, 3.8) is 0 Å². The molecule has 2 aromatic carbocycles. The van der Waals surface area contributed by atoms with Crippen LogP contribution in [0.2, 0.25) is 0 Å². The molecule has 1 saturated heterocycles. The van der Waals surface area contributed by atoms with Gasteiger partial charge in [-0.2, -0.15) is 5.10 Å². The Balaban J connectivity index is 1.12. The van der Waals surface area contributed by atoms with Crippen molar-refractivity contribution in [3.05, 3.63) is 99.9 Å². The number of hydrogen-bond acceptors (Lipinski definition) is 4. The SMILES string of the molecule is CCc1cc(CC2CCc3cccc(-c4cccc(-n5ncc(C(=O)O)c5CC)n4)c32)ccc1C1CCN(C(=O)C2CC2)CC1. The summed E-state index contributed by atoms with van der Waals surface area (Å²) in [6.45, 7) is 5.99. The summed E-state index contributed by atoms with van der Waals surface area (Å²) in [7, 11) is 0. The molecule has 1 saturated carbocycles. The van der Waals surface area contributed by atoms with Gasteiger partial charge in [-0.3, -0.25) is 4.79 Å². The number of pyridine rings is 1. The molecule has 1 N–H and O–H groups in total. The third-order valence-electron chi connectivity index (χ3n) is 10.3. The van der Waals surface area contributed by atoms with Crippen LogP contribution in [-0.2, 0) is 30.5 Å². The zero-order valence-electron chi connectivity index (χ0n) is 26.3. The largest absolute Gasteiger partial charge is 0.478 e. The third-order valence-corrected chi connectivity index (χ3v) is 10.3. The first-order valence-electron chi connectivity index (χ1n) is 16.7. The lowest BCUT2D eigenvalue weighted by atomic mass is 9.83. The van der Waals surface area contributed by atoms with E-state index in [0.29, 0.717) is 41.6 Å². The van der Waals surface area contributed by atoms with Crippen molar-refractivity contribution in [1.82, 2.24) is 19.7 Å². The Kier molecular flexibility index (Phi) is 8.03. The van der Waals surface area contributed by atoms with Crippen LogP contribution >= 0.6 is 0 Å². The zero-order chi connectivity index (χ0) is 31.1. The second kappa shape index (κ2) is 12.3. The number of aryl methyl sites for hydroxylation is 2. The number of carboxylic acid groups (broad SMARTS) is 1. The van der Waals surface area contributed by atoms with Crippen LogP contribution in [0.25, 0.3) is 17.1 Å². The average Bonchev–Trinajstić information content (AvgIpc) is 3.70. The van der Waals surface area contributed by atoms with E-state index in [0.717, 1.165) is 75.7 Å². The maximum absolute atomic E-state index is 12.6. The topological polar surface area (TPSA) is 88.3 Å². The first-order chi connectivity index (χ1) is 21.9. The maximum Gasteiger partial charge on any atom is 0.339 e. The molecule has 1 amide bonds. The standard InChI is InChI=1S/C38H42N4O3/c1-3-25-21-24(11-16-30(25)26-17-19-41(20-18-26)37(43)28-13-14-28)22-29-15-12-27-7-5-8-31(36(27)29)33-9-6-10-35(40-33)42-34(4-2)32(23-39-42)38(44)45/h5-11,16,21,23,26,28-29H,3-4,12-15,17-20,22H2,1-2H3,(H,44,45). The Morgan fingerprint density at radius 2 is 1.73 bits per heavy atom. The van der Waals surface area contributed by atoms with E-state index in [1.54, 1.807) is 4.68 Å². The molecule has 2 aromatic heterocycles. The number of carbonyl (C=O) groups is 2. The van der Waals surface area contributed by atoms with E-state index in [2.05, 4.69) is 59.4 Å². The Morgan fingerprint density at radius 3 is 2.47 bits per heavy atom. The van der Waals surface area contributed by atoms with Crippen LogP contribution in [0, 0.1) is 5.92 Å². The van der Waals surface area contributed by atoms with Gasteiger partial charge < -0.3 is 10.0 Å². The van der Waals surface area contributed by atoms with E-state index in [-0.39, 0.29) is 5.56 Å². The number of likely N-dealkylation sites (tertiary alicyclic amines) is 1. The van der Waals surface area contributed by atoms with Gasteiger partial charge in [0.2, 0.25) is 5.91 Å². The van der Waals surface area contributed by atoms with Gasteiger partial charge in [0.1, 0.15) is 5.56 Å². The lowest BCUT2D eigenvalue weighted by molar-refractivity contribution is -0.133. The molecule has 7 rings (SSSR count). The van der Waals surface area contributed by atoms with Gasteiger partial charge in [0, 0.05) is 24.6 Å². The van der Waals surface area contributed by atoms with Crippen LogP contribution in [-0.4, -0.2) is 49.7 Å². The Morgan fingerprint density at radius 1 is 0.933 bits per heavy atom. The summed E-state index contributed by atoms with van der Waals surface area (Å²) >= 11 is 0. The molecule has 2 fully saturated rings. The molecule has 7 nitrogen and oxygen atoms in total. The molecule has 2 aliphatic carbocycles. The number of rotatable bonds is 9. The summed E-state index contributed by atoms with van der Waals surface area (Å²) in [5, 5.41) is 14.0. The molecule has 45 heavy (non-hydrogen) atoms. The molecule has 4 aromatic rings. The van der Waals surface area contributed by atoms with E-state index in [4.69, 9.17) is 4.98 Å². The van der Waals surface area contributed by atoms with Crippen molar-refractivity contribution >= 4 is 11.9 Å². The van der Waals surface area contributed by atoms with Crippen molar-refractivity contribution in [3.8, 4) is 17.1 Å². The van der Waals surface area contributed by atoms with E-state index in [1.165, 1.54) is 34.0 Å². The number of hydrogen-bond donors (Lipinski definition) is 1. The van der Waals surface area contributed by atoms with Gasteiger partial charge in [-0.15, -0.1) is 0 Å². The molecular weight excluding hydrogens is 560 g/mol. The van der Waals surface area contributed by atoms with Gasteiger partial charge in [-0.1, -0.05) is 56.3 Å². The Bertz CT molecular complexity index is 1750. The van der Waals surface area contributed by atoms with Gasteiger partial charge in [0.25, 0.3) is 0 Å². The van der Waals surface area contributed by atoms with Crippen molar-refractivity contribution < 1.29 is 14.7 Å². The highest BCUT2D eigenvalue weighted by atomic mass is 16.4. The van der Waals surface area contributed by atoms with Crippen LogP contribution in [0.1, 0.15) is 102 Å². The number of fused-ring (bicyclic) bond motifs is 1. The lowest BCUT2D eigenvalue weighted by Gasteiger charge is -2.33. The highest BCUT2D eigenvalue weighted by Gasteiger charge is 2.35. The molecule has 232 valence electrons. The van der Waals surface area contributed by atoms with E-state index < -0.39 is 5.97 Å². The van der Waals surface area contributed by atoms with Crippen molar-refractivity contribution in [2.75, 3.05) is 13.1 Å². The number of aromatic nitrogens is 3. The summed E-state index contributed by atoms with van der Waals surface area (Å²) in [6.07, 6.45) is 10.4. The molecule has 3 aliphatic rings. The molecule has 3 heterocycles. The van der Waals surface area contributed by atoms with Crippen LogP contribution in [0.4, 0.5) is 0 Å². The second-order valence-corrected chi connectivity index (χ2v) is 13.0. The second-order valence-electron chi connectivity index (χ2n) is 13.0. The fraction of sp³-hybridized carbons (Fsp3) is 0.421. The maximum atomic E-state index is 12.6. The first kappa shape index (κ1) is 29.5. The number of piperidine rings is 1. The molecule has 0 bridgehead atoms.